The third kappa shape index (κ3) is 3.39. The molecule has 1 atom stereocenters. The van der Waals surface area contributed by atoms with E-state index in [1.54, 1.807) is 0 Å². The van der Waals surface area contributed by atoms with Crippen LogP contribution in [0, 0.1) is 0 Å². The molecule has 23 heavy (non-hydrogen) atoms. The molecule has 0 aliphatic rings. The number of H-pyrrole nitrogens is 1. The van der Waals surface area contributed by atoms with Crippen molar-refractivity contribution in [3.8, 4) is 11.5 Å². The number of benzene rings is 1. The Hall–Kier alpha value is -2.28. The number of nitrogens with zero attached hydrogens (tertiary/aromatic N) is 2. The van der Waals surface area contributed by atoms with E-state index < -0.39 is 0 Å². The lowest BCUT2D eigenvalue weighted by molar-refractivity contribution is -0.120. The molecule has 0 fully saturated rings. The van der Waals surface area contributed by atoms with Gasteiger partial charge in [0, 0.05) is 23.6 Å². The second kappa shape index (κ2) is 6.87. The maximum atomic E-state index is 11.9. The highest BCUT2D eigenvalue weighted by Gasteiger charge is 2.19. The van der Waals surface area contributed by atoms with Gasteiger partial charge in [-0.1, -0.05) is 36.9 Å². The summed E-state index contributed by atoms with van der Waals surface area (Å²) in [5, 5.41) is 12.1. The molecule has 7 heteroatoms. The molecule has 2 aromatic heterocycles. The Bertz CT molecular complexity index is 811. The summed E-state index contributed by atoms with van der Waals surface area (Å²) in [4.78, 5) is 15.1. The lowest BCUT2D eigenvalue weighted by atomic mass is 10.2. The van der Waals surface area contributed by atoms with Crippen LogP contribution in [0.15, 0.2) is 40.1 Å². The molecule has 1 amide bonds. The number of thioether (sulfide) groups is 1. The number of rotatable bonds is 6. The number of amides is 1. The molecule has 0 spiro atoms. The van der Waals surface area contributed by atoms with Crippen LogP contribution in [0.25, 0.3) is 22.4 Å². The first kappa shape index (κ1) is 15.6. The lowest BCUT2D eigenvalue weighted by Crippen LogP contribution is -2.31. The van der Waals surface area contributed by atoms with Crippen molar-refractivity contribution in [2.45, 2.75) is 30.7 Å². The highest BCUT2D eigenvalue weighted by Crippen LogP contribution is 2.30. The molecule has 3 aromatic rings. The molecule has 0 bridgehead atoms. The van der Waals surface area contributed by atoms with E-state index in [1.807, 2.05) is 44.3 Å². The van der Waals surface area contributed by atoms with Gasteiger partial charge in [0.05, 0.1) is 10.8 Å². The summed E-state index contributed by atoms with van der Waals surface area (Å²) in [6.07, 6.45) is 2.76. The standard InChI is InChI=1S/C16H18N4O2S/c1-3-8-17-14(21)10(2)23-16-20-19-15(22-16)12-9-18-13-7-5-4-6-11(12)13/h4-7,9-10,18H,3,8H2,1-2H3,(H,17,21)/t10-/m1/s1. The number of para-hydroxylation sites is 1. The maximum Gasteiger partial charge on any atom is 0.277 e. The molecule has 0 radical (unpaired) electrons. The molecule has 2 N–H and O–H groups in total. The van der Waals surface area contributed by atoms with Gasteiger partial charge >= 0.3 is 0 Å². The zero-order valence-electron chi connectivity index (χ0n) is 13.0. The molecule has 0 aliphatic heterocycles. The van der Waals surface area contributed by atoms with Gasteiger partial charge in [0.1, 0.15) is 0 Å². The Balaban J connectivity index is 1.74. The zero-order valence-corrected chi connectivity index (χ0v) is 13.8. The van der Waals surface area contributed by atoms with Crippen LogP contribution in [0.5, 0.6) is 0 Å². The molecule has 1 aromatic carbocycles. The number of carbonyl (C=O) groups is 1. The first-order valence-electron chi connectivity index (χ1n) is 7.53. The van der Waals surface area contributed by atoms with E-state index >= 15 is 0 Å². The van der Waals surface area contributed by atoms with E-state index in [4.69, 9.17) is 4.42 Å². The Morgan fingerprint density at radius 3 is 3.04 bits per heavy atom. The summed E-state index contributed by atoms with van der Waals surface area (Å²) in [6.45, 7) is 4.52. The predicted octanol–water partition coefficient (Wildman–Crippen LogP) is 3.22. The molecule has 0 aliphatic carbocycles. The van der Waals surface area contributed by atoms with Crippen LogP contribution in [0.3, 0.4) is 0 Å². The van der Waals surface area contributed by atoms with Gasteiger partial charge in [-0.2, -0.15) is 0 Å². The summed E-state index contributed by atoms with van der Waals surface area (Å²) in [5.74, 6) is 0.426. The number of hydrogen-bond donors (Lipinski definition) is 2. The first-order valence-corrected chi connectivity index (χ1v) is 8.41. The van der Waals surface area contributed by atoms with Crippen LogP contribution in [0.4, 0.5) is 0 Å². The molecule has 0 saturated carbocycles. The average molecular weight is 330 g/mol. The maximum absolute atomic E-state index is 11.9. The molecule has 3 rings (SSSR count). The van der Waals surface area contributed by atoms with Gasteiger partial charge in [0.25, 0.3) is 11.1 Å². The molecule has 6 nitrogen and oxygen atoms in total. The first-order chi connectivity index (χ1) is 11.2. The molecule has 0 unspecified atom stereocenters. The van der Waals surface area contributed by atoms with Crippen LogP contribution < -0.4 is 5.32 Å². The van der Waals surface area contributed by atoms with Crippen molar-refractivity contribution < 1.29 is 9.21 Å². The molecular formula is C16H18N4O2S. The van der Waals surface area contributed by atoms with Crippen LogP contribution in [-0.2, 0) is 4.79 Å². The Morgan fingerprint density at radius 1 is 1.39 bits per heavy atom. The van der Waals surface area contributed by atoms with Gasteiger partial charge in [-0.25, -0.2) is 0 Å². The monoisotopic (exact) mass is 330 g/mol. The number of carbonyl (C=O) groups excluding carboxylic acids is 1. The minimum atomic E-state index is -0.280. The summed E-state index contributed by atoms with van der Waals surface area (Å²) >= 11 is 1.26. The van der Waals surface area contributed by atoms with Gasteiger partial charge in [0.15, 0.2) is 0 Å². The number of fused-ring (bicyclic) bond motifs is 1. The van der Waals surface area contributed by atoms with Gasteiger partial charge < -0.3 is 14.7 Å². The van der Waals surface area contributed by atoms with Crippen LogP contribution >= 0.6 is 11.8 Å². The molecular weight excluding hydrogens is 312 g/mol. The largest absolute Gasteiger partial charge is 0.411 e. The van der Waals surface area contributed by atoms with Gasteiger partial charge in [0.2, 0.25) is 5.91 Å². The average Bonchev–Trinajstić information content (AvgIpc) is 3.18. The fourth-order valence-corrected chi connectivity index (χ4v) is 2.92. The van der Waals surface area contributed by atoms with Gasteiger partial charge in [-0.05, 0) is 19.4 Å². The van der Waals surface area contributed by atoms with Crippen molar-refractivity contribution >= 4 is 28.6 Å². The van der Waals surface area contributed by atoms with E-state index in [1.165, 1.54) is 11.8 Å². The summed E-state index contributed by atoms with van der Waals surface area (Å²) < 4.78 is 5.70. The minimum absolute atomic E-state index is 0.0244. The molecule has 2 heterocycles. The van der Waals surface area contributed by atoms with E-state index in [0.29, 0.717) is 17.7 Å². The quantitative estimate of drug-likeness (QED) is 0.678. The van der Waals surface area contributed by atoms with Gasteiger partial charge in [-0.15, -0.1) is 10.2 Å². The van der Waals surface area contributed by atoms with Gasteiger partial charge in [-0.3, -0.25) is 4.79 Å². The number of aromatic amines is 1. The van der Waals surface area contributed by atoms with E-state index in [-0.39, 0.29) is 11.2 Å². The van der Waals surface area contributed by atoms with Crippen molar-refractivity contribution in [1.82, 2.24) is 20.5 Å². The van der Waals surface area contributed by atoms with E-state index in [9.17, 15) is 4.79 Å². The lowest BCUT2D eigenvalue weighted by Gasteiger charge is -2.08. The van der Waals surface area contributed by atoms with Crippen molar-refractivity contribution in [2.24, 2.45) is 0 Å². The fraction of sp³-hybridized carbons (Fsp3) is 0.312. The Morgan fingerprint density at radius 2 is 2.22 bits per heavy atom. The van der Waals surface area contributed by atoms with Crippen molar-refractivity contribution in [3.63, 3.8) is 0 Å². The molecule has 120 valence electrons. The van der Waals surface area contributed by atoms with E-state index in [0.717, 1.165) is 22.9 Å². The third-order valence-electron chi connectivity index (χ3n) is 3.42. The topological polar surface area (TPSA) is 83.8 Å². The SMILES string of the molecule is CCCNC(=O)[C@@H](C)Sc1nnc(-c2c[nH]c3ccccc23)o1. The highest BCUT2D eigenvalue weighted by atomic mass is 32.2. The zero-order chi connectivity index (χ0) is 16.2. The molecule has 0 saturated heterocycles. The summed E-state index contributed by atoms with van der Waals surface area (Å²) in [5.41, 5.74) is 1.88. The number of hydrogen-bond acceptors (Lipinski definition) is 5. The minimum Gasteiger partial charge on any atom is -0.411 e. The third-order valence-corrected chi connectivity index (χ3v) is 4.36. The van der Waals surface area contributed by atoms with Crippen LogP contribution in [0.2, 0.25) is 0 Å². The number of nitrogens with one attached hydrogen (secondary N) is 2. The Kier molecular flexibility index (Phi) is 4.66. The second-order valence-electron chi connectivity index (χ2n) is 5.17. The summed E-state index contributed by atoms with van der Waals surface area (Å²) in [7, 11) is 0. The normalized spacial score (nSPS) is 12.4. The second-order valence-corrected chi connectivity index (χ2v) is 6.46. The van der Waals surface area contributed by atoms with E-state index in [2.05, 4.69) is 20.5 Å². The number of aromatic nitrogens is 3. The van der Waals surface area contributed by atoms with Crippen molar-refractivity contribution in [1.29, 1.82) is 0 Å². The van der Waals surface area contributed by atoms with Crippen LogP contribution in [0.1, 0.15) is 20.3 Å². The van der Waals surface area contributed by atoms with Crippen molar-refractivity contribution in [3.05, 3.63) is 30.5 Å². The highest BCUT2D eigenvalue weighted by molar-refractivity contribution is 8.00. The summed E-state index contributed by atoms with van der Waals surface area (Å²) in [6, 6.07) is 7.92. The van der Waals surface area contributed by atoms with Crippen LogP contribution in [-0.4, -0.2) is 32.9 Å². The smallest absolute Gasteiger partial charge is 0.277 e. The van der Waals surface area contributed by atoms with Crippen molar-refractivity contribution in [2.75, 3.05) is 6.54 Å². The predicted molar refractivity (Wildman–Crippen MR) is 90.2 cm³/mol. The Labute approximate surface area is 138 Å². The fourth-order valence-electron chi connectivity index (χ4n) is 2.21.